The Balaban J connectivity index is 2.64. The number of esters is 1. The molecule has 0 radical (unpaired) electrons. The van der Waals surface area contributed by atoms with Crippen molar-refractivity contribution in [3.63, 3.8) is 0 Å². The number of aromatic amines is 1. The van der Waals surface area contributed by atoms with Gasteiger partial charge in [0.2, 0.25) is 0 Å². The van der Waals surface area contributed by atoms with Crippen LogP contribution in [0, 0.1) is 0 Å². The van der Waals surface area contributed by atoms with Crippen molar-refractivity contribution < 1.29 is 14.3 Å². The summed E-state index contributed by atoms with van der Waals surface area (Å²) in [6.45, 7) is 1.83. The van der Waals surface area contributed by atoms with Crippen molar-refractivity contribution in [3.05, 3.63) is 19.2 Å². The third-order valence-corrected chi connectivity index (χ3v) is 5.01. The van der Waals surface area contributed by atoms with Gasteiger partial charge < -0.3 is 15.0 Å². The van der Waals surface area contributed by atoms with Crippen LogP contribution < -0.4 is 5.32 Å². The fraction of sp³-hybridized carbons (Fsp3) is 0.333. The molecule has 1 amide bonds. The number of ether oxygens (including phenoxy) is 1. The fourth-order valence-electron chi connectivity index (χ4n) is 1.03. The van der Waals surface area contributed by atoms with Crippen molar-refractivity contribution in [2.24, 2.45) is 0 Å². The highest BCUT2D eigenvalue weighted by Gasteiger charge is 2.18. The Kier molecular flexibility index (Phi) is 5.68. The number of hydrogen-bond donors (Lipinski definition) is 2. The van der Waals surface area contributed by atoms with Gasteiger partial charge in [-0.15, -0.1) is 0 Å². The zero-order chi connectivity index (χ0) is 13.0. The number of nitrogens with one attached hydrogen (secondary N) is 2. The van der Waals surface area contributed by atoms with E-state index in [0.29, 0.717) is 19.2 Å². The molecule has 0 fully saturated rings. The first-order valence-electron chi connectivity index (χ1n) is 4.63. The van der Waals surface area contributed by atoms with Gasteiger partial charge in [-0.2, -0.15) is 0 Å². The smallest absolute Gasteiger partial charge is 0.325 e. The Morgan fingerprint density at radius 1 is 1.29 bits per heavy atom. The summed E-state index contributed by atoms with van der Waals surface area (Å²) < 4.78 is 6.63. The lowest BCUT2D eigenvalue weighted by atomic mass is 10.4. The lowest BCUT2D eigenvalue weighted by Crippen LogP contribution is -2.31. The Hall–Kier alpha value is -0.340. The number of hydrogen-bond acceptors (Lipinski definition) is 3. The molecule has 0 saturated heterocycles. The molecule has 2 N–H and O–H groups in total. The van der Waals surface area contributed by atoms with Gasteiger partial charge >= 0.3 is 5.97 Å². The first-order chi connectivity index (χ1) is 7.97. The molecule has 1 aromatic heterocycles. The zero-order valence-corrected chi connectivity index (χ0v) is 13.5. The first kappa shape index (κ1) is 14.7. The van der Waals surface area contributed by atoms with Crippen LogP contribution in [-0.4, -0.2) is 30.0 Å². The molecule has 0 spiro atoms. The van der Waals surface area contributed by atoms with Gasteiger partial charge in [-0.25, -0.2) is 0 Å². The summed E-state index contributed by atoms with van der Waals surface area (Å²) in [6, 6.07) is 0. The molecule has 1 aromatic rings. The SMILES string of the molecule is CCOC(=O)CNC(=O)c1[nH]c(Br)c(Br)c1Br. The summed E-state index contributed by atoms with van der Waals surface area (Å²) in [5.74, 6) is -0.863. The molecule has 94 valence electrons. The molecule has 0 aliphatic carbocycles. The van der Waals surface area contributed by atoms with Crippen molar-refractivity contribution in [3.8, 4) is 0 Å². The quantitative estimate of drug-likeness (QED) is 0.718. The van der Waals surface area contributed by atoms with Gasteiger partial charge in [0.05, 0.1) is 20.2 Å². The predicted octanol–water partition coefficient (Wildman–Crippen LogP) is 2.60. The van der Waals surface area contributed by atoms with E-state index in [9.17, 15) is 9.59 Å². The van der Waals surface area contributed by atoms with E-state index in [1.807, 2.05) is 0 Å². The van der Waals surface area contributed by atoms with Gasteiger partial charge in [-0.1, -0.05) is 0 Å². The monoisotopic (exact) mass is 430 g/mol. The van der Waals surface area contributed by atoms with Crippen LogP contribution in [0.25, 0.3) is 0 Å². The maximum Gasteiger partial charge on any atom is 0.325 e. The molecule has 0 saturated carbocycles. The van der Waals surface area contributed by atoms with Crippen LogP contribution in [0.5, 0.6) is 0 Å². The summed E-state index contributed by atoms with van der Waals surface area (Å²) in [6.07, 6.45) is 0. The second-order valence-electron chi connectivity index (χ2n) is 2.93. The van der Waals surface area contributed by atoms with E-state index in [2.05, 4.69) is 58.1 Å². The summed E-state index contributed by atoms with van der Waals surface area (Å²) in [5.41, 5.74) is 0.327. The maximum absolute atomic E-state index is 11.7. The highest BCUT2D eigenvalue weighted by molar-refractivity contribution is 9.14. The van der Waals surface area contributed by atoms with Crippen molar-refractivity contribution >= 4 is 59.7 Å². The summed E-state index contributed by atoms with van der Waals surface area (Å²) >= 11 is 9.77. The average molecular weight is 433 g/mol. The second kappa shape index (κ2) is 6.55. The van der Waals surface area contributed by atoms with E-state index in [-0.39, 0.29) is 13.2 Å². The number of amides is 1. The molecule has 17 heavy (non-hydrogen) atoms. The van der Waals surface area contributed by atoms with Gasteiger partial charge in [-0.3, -0.25) is 9.59 Å². The van der Waals surface area contributed by atoms with E-state index in [4.69, 9.17) is 4.74 Å². The van der Waals surface area contributed by atoms with E-state index in [0.717, 1.165) is 0 Å². The Bertz CT molecular complexity index is 445. The Morgan fingerprint density at radius 2 is 1.94 bits per heavy atom. The van der Waals surface area contributed by atoms with Crippen LogP contribution in [-0.2, 0) is 9.53 Å². The van der Waals surface area contributed by atoms with Crippen LogP contribution in [0.2, 0.25) is 0 Å². The molecule has 0 aromatic carbocycles. The number of carbonyl (C=O) groups excluding carboxylic acids is 2. The Labute approximate surface area is 123 Å². The largest absolute Gasteiger partial charge is 0.465 e. The van der Waals surface area contributed by atoms with Gasteiger partial charge in [0, 0.05) is 0 Å². The van der Waals surface area contributed by atoms with E-state index < -0.39 is 11.9 Å². The zero-order valence-electron chi connectivity index (χ0n) is 8.77. The molecule has 0 unspecified atom stereocenters. The molecular formula is C9H9Br3N2O3. The van der Waals surface area contributed by atoms with Gasteiger partial charge in [0.1, 0.15) is 12.2 Å². The van der Waals surface area contributed by atoms with Gasteiger partial charge in [-0.05, 0) is 54.7 Å². The minimum absolute atomic E-state index is 0.159. The number of H-pyrrole nitrogens is 1. The highest BCUT2D eigenvalue weighted by Crippen LogP contribution is 2.33. The molecule has 0 aliphatic rings. The highest BCUT2D eigenvalue weighted by atomic mass is 79.9. The number of aromatic nitrogens is 1. The second-order valence-corrected chi connectivity index (χ2v) is 5.31. The van der Waals surface area contributed by atoms with Crippen LogP contribution in [0.1, 0.15) is 17.4 Å². The molecule has 0 aliphatic heterocycles. The normalized spacial score (nSPS) is 10.1. The number of carbonyl (C=O) groups is 2. The average Bonchev–Trinajstić information content (AvgIpc) is 2.54. The number of rotatable bonds is 4. The minimum Gasteiger partial charge on any atom is -0.465 e. The maximum atomic E-state index is 11.7. The lowest BCUT2D eigenvalue weighted by molar-refractivity contribution is -0.141. The Morgan fingerprint density at radius 3 is 2.41 bits per heavy atom. The summed E-state index contributed by atoms with van der Waals surface area (Å²) in [5, 5.41) is 2.45. The molecule has 0 bridgehead atoms. The standard InChI is InChI=1S/C9H9Br3N2O3/c1-2-17-4(15)3-13-9(16)7-5(10)6(11)8(12)14-7/h14H,2-3H2,1H3,(H,13,16). The third-order valence-electron chi connectivity index (χ3n) is 1.77. The molecule has 1 rings (SSSR count). The van der Waals surface area contributed by atoms with Crippen molar-refractivity contribution in [2.45, 2.75) is 6.92 Å². The van der Waals surface area contributed by atoms with E-state index in [1.54, 1.807) is 6.92 Å². The topological polar surface area (TPSA) is 71.2 Å². The van der Waals surface area contributed by atoms with Crippen molar-refractivity contribution in [2.75, 3.05) is 13.2 Å². The van der Waals surface area contributed by atoms with Crippen molar-refractivity contribution in [1.29, 1.82) is 0 Å². The minimum atomic E-state index is -0.471. The van der Waals surface area contributed by atoms with Gasteiger partial charge in [0.25, 0.3) is 5.91 Å². The van der Waals surface area contributed by atoms with Crippen LogP contribution in [0.15, 0.2) is 13.5 Å². The lowest BCUT2D eigenvalue weighted by Gasteiger charge is -2.03. The summed E-state index contributed by atoms with van der Waals surface area (Å²) in [7, 11) is 0. The van der Waals surface area contributed by atoms with E-state index in [1.165, 1.54) is 0 Å². The van der Waals surface area contributed by atoms with Crippen molar-refractivity contribution in [1.82, 2.24) is 10.3 Å². The molecule has 8 heteroatoms. The van der Waals surface area contributed by atoms with Crippen LogP contribution >= 0.6 is 47.8 Å². The van der Waals surface area contributed by atoms with Crippen LogP contribution in [0.3, 0.4) is 0 Å². The molecule has 1 heterocycles. The first-order valence-corrected chi connectivity index (χ1v) is 7.01. The van der Waals surface area contributed by atoms with Crippen LogP contribution in [0.4, 0.5) is 0 Å². The molecular weight excluding hydrogens is 424 g/mol. The number of halogens is 3. The molecule has 0 atom stereocenters. The predicted molar refractivity (Wildman–Crippen MR) is 72.9 cm³/mol. The third kappa shape index (κ3) is 3.82. The van der Waals surface area contributed by atoms with Gasteiger partial charge in [0.15, 0.2) is 0 Å². The molecule has 5 nitrogen and oxygen atoms in total. The van der Waals surface area contributed by atoms with E-state index >= 15 is 0 Å². The summed E-state index contributed by atoms with van der Waals surface area (Å²) in [4.78, 5) is 25.6. The fourth-order valence-corrected chi connectivity index (χ4v) is 2.47.